The highest BCUT2D eigenvalue weighted by Gasteiger charge is 2.23. The Balaban J connectivity index is 1.84. The van der Waals surface area contributed by atoms with Crippen LogP contribution in [0.4, 0.5) is 5.82 Å². The SMILES string of the molecule is Cc1ncc(NC2COc3ccccc32)nc1C. The molecule has 2 heterocycles. The Labute approximate surface area is 106 Å². The van der Waals surface area contributed by atoms with Gasteiger partial charge in [0.05, 0.1) is 23.6 Å². The number of para-hydroxylation sites is 1. The van der Waals surface area contributed by atoms with E-state index in [1.807, 2.05) is 32.0 Å². The lowest BCUT2D eigenvalue weighted by Crippen LogP contribution is -2.13. The van der Waals surface area contributed by atoms with Gasteiger partial charge in [0.1, 0.15) is 18.2 Å². The lowest BCUT2D eigenvalue weighted by molar-refractivity contribution is 0.339. The minimum atomic E-state index is 0.151. The standard InChI is InChI=1S/C14H15N3O/c1-9-10(2)16-14(7-15-9)17-12-8-18-13-6-4-3-5-11(12)13/h3-7,12H,8H2,1-2H3,(H,16,17). The van der Waals surface area contributed by atoms with Gasteiger partial charge in [0.15, 0.2) is 0 Å². The highest BCUT2D eigenvalue weighted by molar-refractivity contribution is 5.45. The Morgan fingerprint density at radius 3 is 2.89 bits per heavy atom. The van der Waals surface area contributed by atoms with Crippen molar-refractivity contribution in [3.8, 4) is 5.75 Å². The molecule has 0 fully saturated rings. The molecule has 1 aromatic carbocycles. The Morgan fingerprint density at radius 1 is 1.22 bits per heavy atom. The predicted octanol–water partition coefficient (Wildman–Crippen LogP) is 2.64. The third kappa shape index (κ3) is 1.90. The minimum absolute atomic E-state index is 0.151. The predicted molar refractivity (Wildman–Crippen MR) is 69.8 cm³/mol. The highest BCUT2D eigenvalue weighted by Crippen LogP contribution is 2.33. The van der Waals surface area contributed by atoms with Gasteiger partial charge in [-0.1, -0.05) is 18.2 Å². The summed E-state index contributed by atoms with van der Waals surface area (Å²) in [6, 6.07) is 8.22. The molecule has 0 spiro atoms. The fraction of sp³-hybridized carbons (Fsp3) is 0.286. The molecule has 1 atom stereocenters. The molecule has 4 nitrogen and oxygen atoms in total. The van der Waals surface area contributed by atoms with Gasteiger partial charge in [0.2, 0.25) is 0 Å². The van der Waals surface area contributed by atoms with Crippen LogP contribution in [0.2, 0.25) is 0 Å². The topological polar surface area (TPSA) is 47.0 Å². The second-order valence-corrected chi connectivity index (χ2v) is 4.47. The van der Waals surface area contributed by atoms with Gasteiger partial charge in [-0.25, -0.2) is 4.98 Å². The molecule has 1 unspecified atom stereocenters. The van der Waals surface area contributed by atoms with Gasteiger partial charge in [0.25, 0.3) is 0 Å². The molecule has 0 bridgehead atoms. The summed E-state index contributed by atoms with van der Waals surface area (Å²) in [6.07, 6.45) is 1.77. The third-order valence-corrected chi connectivity index (χ3v) is 3.21. The van der Waals surface area contributed by atoms with Crippen LogP contribution >= 0.6 is 0 Å². The first-order chi connectivity index (χ1) is 8.74. The van der Waals surface area contributed by atoms with E-state index in [-0.39, 0.29) is 6.04 Å². The molecular weight excluding hydrogens is 226 g/mol. The molecule has 1 N–H and O–H groups in total. The fourth-order valence-electron chi connectivity index (χ4n) is 2.07. The van der Waals surface area contributed by atoms with E-state index in [1.165, 1.54) is 5.56 Å². The number of aromatic nitrogens is 2. The summed E-state index contributed by atoms with van der Waals surface area (Å²) in [6.45, 7) is 4.56. The van der Waals surface area contributed by atoms with E-state index in [4.69, 9.17) is 4.74 Å². The third-order valence-electron chi connectivity index (χ3n) is 3.21. The monoisotopic (exact) mass is 241 g/mol. The molecule has 1 aromatic heterocycles. The molecule has 92 valence electrons. The zero-order valence-corrected chi connectivity index (χ0v) is 10.5. The number of fused-ring (bicyclic) bond motifs is 1. The molecule has 0 saturated heterocycles. The Kier molecular flexibility index (Phi) is 2.63. The molecule has 4 heteroatoms. The maximum atomic E-state index is 5.63. The Bertz CT molecular complexity index is 583. The average molecular weight is 241 g/mol. The summed E-state index contributed by atoms with van der Waals surface area (Å²) in [7, 11) is 0. The lowest BCUT2D eigenvalue weighted by Gasteiger charge is -2.12. The lowest BCUT2D eigenvalue weighted by atomic mass is 10.1. The van der Waals surface area contributed by atoms with Crippen molar-refractivity contribution in [1.29, 1.82) is 0 Å². The number of aryl methyl sites for hydroxylation is 2. The smallest absolute Gasteiger partial charge is 0.145 e. The zero-order chi connectivity index (χ0) is 12.5. The molecule has 18 heavy (non-hydrogen) atoms. The molecule has 0 amide bonds. The van der Waals surface area contributed by atoms with Gasteiger partial charge in [-0.15, -0.1) is 0 Å². The molecule has 3 rings (SSSR count). The fourth-order valence-corrected chi connectivity index (χ4v) is 2.07. The van der Waals surface area contributed by atoms with Gasteiger partial charge >= 0.3 is 0 Å². The second-order valence-electron chi connectivity index (χ2n) is 4.47. The average Bonchev–Trinajstić information content (AvgIpc) is 2.78. The summed E-state index contributed by atoms with van der Waals surface area (Å²) in [5.74, 6) is 1.75. The van der Waals surface area contributed by atoms with Gasteiger partial charge in [-0.2, -0.15) is 0 Å². The van der Waals surface area contributed by atoms with Crippen LogP contribution in [-0.2, 0) is 0 Å². The van der Waals surface area contributed by atoms with Gasteiger partial charge in [-0.05, 0) is 19.9 Å². The van der Waals surface area contributed by atoms with E-state index in [2.05, 4.69) is 21.4 Å². The number of hydrogen-bond acceptors (Lipinski definition) is 4. The largest absolute Gasteiger partial charge is 0.491 e. The number of benzene rings is 1. The van der Waals surface area contributed by atoms with Crippen molar-refractivity contribution in [1.82, 2.24) is 9.97 Å². The maximum Gasteiger partial charge on any atom is 0.145 e. The summed E-state index contributed by atoms with van der Waals surface area (Å²) in [5.41, 5.74) is 3.09. The first-order valence-corrected chi connectivity index (χ1v) is 6.02. The van der Waals surface area contributed by atoms with Crippen molar-refractivity contribution in [3.63, 3.8) is 0 Å². The van der Waals surface area contributed by atoms with Crippen LogP contribution < -0.4 is 10.1 Å². The molecule has 1 aliphatic heterocycles. The van der Waals surface area contributed by atoms with Crippen LogP contribution in [-0.4, -0.2) is 16.6 Å². The number of nitrogens with one attached hydrogen (secondary N) is 1. The maximum absolute atomic E-state index is 5.63. The quantitative estimate of drug-likeness (QED) is 0.878. The number of hydrogen-bond donors (Lipinski definition) is 1. The van der Waals surface area contributed by atoms with Crippen LogP contribution in [0.5, 0.6) is 5.75 Å². The van der Waals surface area contributed by atoms with Crippen molar-refractivity contribution >= 4 is 5.82 Å². The molecule has 0 saturated carbocycles. The van der Waals surface area contributed by atoms with Crippen molar-refractivity contribution in [2.45, 2.75) is 19.9 Å². The van der Waals surface area contributed by atoms with E-state index >= 15 is 0 Å². The summed E-state index contributed by atoms with van der Waals surface area (Å²) < 4.78 is 5.63. The highest BCUT2D eigenvalue weighted by atomic mass is 16.5. The first-order valence-electron chi connectivity index (χ1n) is 6.02. The van der Waals surface area contributed by atoms with Crippen LogP contribution in [0.15, 0.2) is 30.5 Å². The van der Waals surface area contributed by atoms with Crippen molar-refractivity contribution < 1.29 is 4.74 Å². The van der Waals surface area contributed by atoms with E-state index in [1.54, 1.807) is 6.20 Å². The van der Waals surface area contributed by atoms with Crippen LogP contribution in [0.25, 0.3) is 0 Å². The van der Waals surface area contributed by atoms with Crippen molar-refractivity contribution in [2.24, 2.45) is 0 Å². The Hall–Kier alpha value is -2.10. The summed E-state index contributed by atoms with van der Waals surface area (Å²) >= 11 is 0. The number of nitrogens with zero attached hydrogens (tertiary/aromatic N) is 2. The van der Waals surface area contributed by atoms with Crippen molar-refractivity contribution in [3.05, 3.63) is 47.4 Å². The van der Waals surface area contributed by atoms with Crippen LogP contribution in [0, 0.1) is 13.8 Å². The van der Waals surface area contributed by atoms with Crippen LogP contribution in [0.1, 0.15) is 23.0 Å². The second kappa shape index (κ2) is 4.29. The summed E-state index contributed by atoms with van der Waals surface area (Å²) in [5, 5.41) is 3.37. The van der Waals surface area contributed by atoms with Crippen LogP contribution in [0.3, 0.4) is 0 Å². The van der Waals surface area contributed by atoms with E-state index in [0.29, 0.717) is 6.61 Å². The molecule has 0 aliphatic carbocycles. The van der Waals surface area contributed by atoms with Gasteiger partial charge in [-0.3, -0.25) is 4.98 Å². The number of anilines is 1. The number of rotatable bonds is 2. The molecule has 0 radical (unpaired) electrons. The number of ether oxygens (including phenoxy) is 1. The molecule has 2 aromatic rings. The van der Waals surface area contributed by atoms with E-state index in [9.17, 15) is 0 Å². The Morgan fingerprint density at radius 2 is 2.06 bits per heavy atom. The normalized spacial score (nSPS) is 17.1. The zero-order valence-electron chi connectivity index (χ0n) is 10.5. The van der Waals surface area contributed by atoms with E-state index < -0.39 is 0 Å². The molecule has 1 aliphatic rings. The van der Waals surface area contributed by atoms with Gasteiger partial charge in [0, 0.05) is 5.56 Å². The van der Waals surface area contributed by atoms with Gasteiger partial charge < -0.3 is 10.1 Å². The van der Waals surface area contributed by atoms with E-state index in [0.717, 1.165) is 23.0 Å². The van der Waals surface area contributed by atoms with Crippen molar-refractivity contribution in [2.75, 3.05) is 11.9 Å². The molecular formula is C14H15N3O. The minimum Gasteiger partial charge on any atom is -0.491 e. The first kappa shape index (κ1) is 11.0. The summed E-state index contributed by atoms with van der Waals surface area (Å²) in [4.78, 5) is 8.79.